The molecule has 0 saturated carbocycles. The van der Waals surface area contributed by atoms with Crippen LogP contribution in [0.4, 0.5) is 14.9 Å². The Morgan fingerprint density at radius 3 is 2.19 bits per heavy atom. The third-order valence-corrected chi connectivity index (χ3v) is 6.42. The zero-order valence-electron chi connectivity index (χ0n) is 17.2. The number of hydrogen-bond acceptors (Lipinski definition) is 3. The van der Waals surface area contributed by atoms with Crippen LogP contribution in [0.1, 0.15) is 18.4 Å². The number of urea groups is 1. The van der Waals surface area contributed by atoms with Gasteiger partial charge in [-0.05, 0) is 48.7 Å². The number of nitrogens with zero attached hydrogens (tertiary/aromatic N) is 2. The van der Waals surface area contributed by atoms with E-state index in [4.69, 9.17) is 16.3 Å². The lowest BCUT2D eigenvalue weighted by Crippen LogP contribution is -2.57. The molecule has 31 heavy (non-hydrogen) atoms. The highest BCUT2D eigenvalue weighted by Crippen LogP contribution is 2.40. The molecule has 0 aromatic heterocycles. The van der Waals surface area contributed by atoms with Crippen LogP contribution in [0.15, 0.2) is 48.5 Å². The second kappa shape index (κ2) is 9.24. The molecule has 2 aromatic rings. The molecule has 2 fully saturated rings. The Labute approximate surface area is 185 Å². The number of anilines is 1. The van der Waals surface area contributed by atoms with Crippen molar-refractivity contribution in [3.63, 3.8) is 0 Å². The summed E-state index contributed by atoms with van der Waals surface area (Å²) in [6.07, 6.45) is 1.17. The number of halogens is 2. The van der Waals surface area contributed by atoms with Crippen molar-refractivity contribution in [2.75, 3.05) is 44.7 Å². The van der Waals surface area contributed by atoms with Crippen LogP contribution < -0.4 is 5.32 Å². The van der Waals surface area contributed by atoms with Gasteiger partial charge in [0.05, 0.1) is 5.41 Å². The Hall–Kier alpha value is -2.64. The number of carbonyl (C=O) groups excluding carboxylic acids is 2. The first-order chi connectivity index (χ1) is 15.0. The molecule has 0 atom stereocenters. The van der Waals surface area contributed by atoms with Crippen LogP contribution in [-0.2, 0) is 14.9 Å². The normalized spacial score (nSPS) is 18.5. The number of carbonyl (C=O) groups is 2. The number of ether oxygens (including phenoxy) is 1. The Kier molecular flexibility index (Phi) is 6.43. The number of amides is 3. The van der Waals surface area contributed by atoms with E-state index in [1.807, 2.05) is 29.2 Å². The molecule has 0 radical (unpaired) electrons. The van der Waals surface area contributed by atoms with Crippen molar-refractivity contribution in [2.45, 2.75) is 18.3 Å². The molecule has 164 valence electrons. The average Bonchev–Trinajstić information content (AvgIpc) is 2.81. The van der Waals surface area contributed by atoms with Crippen LogP contribution in [0.2, 0.25) is 5.02 Å². The highest BCUT2D eigenvalue weighted by atomic mass is 35.5. The first-order valence-corrected chi connectivity index (χ1v) is 10.8. The Bertz CT molecular complexity index is 939. The van der Waals surface area contributed by atoms with E-state index in [-0.39, 0.29) is 17.8 Å². The van der Waals surface area contributed by atoms with Gasteiger partial charge in [0.15, 0.2) is 0 Å². The molecule has 0 bridgehead atoms. The Morgan fingerprint density at radius 1 is 0.935 bits per heavy atom. The topological polar surface area (TPSA) is 61.9 Å². The van der Waals surface area contributed by atoms with E-state index in [9.17, 15) is 14.0 Å². The first kappa shape index (κ1) is 21.6. The van der Waals surface area contributed by atoms with Crippen LogP contribution >= 0.6 is 11.6 Å². The zero-order valence-corrected chi connectivity index (χ0v) is 17.9. The van der Waals surface area contributed by atoms with Gasteiger partial charge in [0.1, 0.15) is 5.82 Å². The second-order valence-corrected chi connectivity index (χ2v) is 8.30. The summed E-state index contributed by atoms with van der Waals surface area (Å²) < 4.78 is 18.6. The summed E-state index contributed by atoms with van der Waals surface area (Å²) in [5, 5.41) is 3.36. The number of piperazine rings is 1. The highest BCUT2D eigenvalue weighted by Gasteiger charge is 2.45. The van der Waals surface area contributed by atoms with Crippen LogP contribution in [0.5, 0.6) is 0 Å². The molecule has 2 heterocycles. The van der Waals surface area contributed by atoms with Gasteiger partial charge in [-0.2, -0.15) is 0 Å². The highest BCUT2D eigenvalue weighted by molar-refractivity contribution is 6.31. The summed E-state index contributed by atoms with van der Waals surface area (Å²) in [4.78, 5) is 29.7. The van der Waals surface area contributed by atoms with Crippen molar-refractivity contribution in [3.05, 3.63) is 64.9 Å². The molecule has 6 nitrogen and oxygen atoms in total. The molecule has 2 aliphatic heterocycles. The molecule has 4 rings (SSSR count). The summed E-state index contributed by atoms with van der Waals surface area (Å²) in [7, 11) is 0. The monoisotopic (exact) mass is 445 g/mol. The minimum Gasteiger partial charge on any atom is -0.381 e. The van der Waals surface area contributed by atoms with Crippen molar-refractivity contribution >= 4 is 29.2 Å². The van der Waals surface area contributed by atoms with Gasteiger partial charge in [0.25, 0.3) is 0 Å². The van der Waals surface area contributed by atoms with Gasteiger partial charge in [-0.15, -0.1) is 0 Å². The maximum absolute atomic E-state index is 13.7. The lowest BCUT2D eigenvalue weighted by atomic mass is 9.72. The number of nitrogens with one attached hydrogen (secondary N) is 1. The van der Waals surface area contributed by atoms with Gasteiger partial charge in [-0.3, -0.25) is 4.79 Å². The molecular formula is C23H25ClFN3O3. The van der Waals surface area contributed by atoms with Gasteiger partial charge in [0, 0.05) is 50.1 Å². The largest absolute Gasteiger partial charge is 0.381 e. The Morgan fingerprint density at radius 2 is 1.55 bits per heavy atom. The fourth-order valence-corrected chi connectivity index (χ4v) is 4.64. The van der Waals surface area contributed by atoms with Crippen LogP contribution in [-0.4, -0.2) is 61.1 Å². The van der Waals surface area contributed by atoms with E-state index >= 15 is 0 Å². The number of benzene rings is 2. The minimum absolute atomic E-state index is 0.0440. The van der Waals surface area contributed by atoms with Gasteiger partial charge in [-0.25, -0.2) is 9.18 Å². The van der Waals surface area contributed by atoms with Crippen molar-refractivity contribution in [3.8, 4) is 0 Å². The van der Waals surface area contributed by atoms with Gasteiger partial charge < -0.3 is 19.9 Å². The molecule has 2 aliphatic rings. The molecular weight excluding hydrogens is 421 g/mol. The minimum atomic E-state index is -0.699. The van der Waals surface area contributed by atoms with E-state index in [1.165, 1.54) is 24.3 Å². The van der Waals surface area contributed by atoms with E-state index in [0.29, 0.717) is 62.9 Å². The fraction of sp³-hybridized carbons (Fsp3) is 0.391. The molecule has 2 aromatic carbocycles. The lowest BCUT2D eigenvalue weighted by Gasteiger charge is -2.43. The third-order valence-electron chi connectivity index (χ3n) is 6.09. The van der Waals surface area contributed by atoms with E-state index in [2.05, 4.69) is 5.32 Å². The lowest BCUT2D eigenvalue weighted by molar-refractivity contribution is -0.142. The molecule has 2 saturated heterocycles. The van der Waals surface area contributed by atoms with E-state index in [0.717, 1.165) is 5.56 Å². The standard InChI is InChI=1S/C23H25ClFN3O3/c24-20-4-2-1-3-19(20)23(9-15-31-16-10-23)21(29)27-11-13-28(14-12-27)22(30)26-18-7-5-17(25)6-8-18/h1-8H,9-16H2,(H,26,30). The predicted molar refractivity (Wildman–Crippen MR) is 117 cm³/mol. The molecule has 1 N–H and O–H groups in total. The molecule has 8 heteroatoms. The maximum Gasteiger partial charge on any atom is 0.321 e. The van der Waals surface area contributed by atoms with Crippen LogP contribution in [0.3, 0.4) is 0 Å². The van der Waals surface area contributed by atoms with Crippen LogP contribution in [0.25, 0.3) is 0 Å². The van der Waals surface area contributed by atoms with Gasteiger partial charge in [-0.1, -0.05) is 29.8 Å². The smallest absolute Gasteiger partial charge is 0.321 e. The fourth-order valence-electron chi connectivity index (χ4n) is 4.32. The van der Waals surface area contributed by atoms with Crippen molar-refractivity contribution in [1.82, 2.24) is 9.80 Å². The average molecular weight is 446 g/mol. The molecule has 0 spiro atoms. The summed E-state index contributed by atoms with van der Waals surface area (Å²) in [6.45, 7) is 2.77. The quantitative estimate of drug-likeness (QED) is 0.779. The molecule has 3 amide bonds. The number of rotatable bonds is 3. The summed E-state index contributed by atoms with van der Waals surface area (Å²) in [5.41, 5.74) is 0.681. The van der Waals surface area contributed by atoms with Gasteiger partial charge >= 0.3 is 6.03 Å². The third kappa shape index (κ3) is 4.52. The van der Waals surface area contributed by atoms with Crippen molar-refractivity contribution < 1.29 is 18.7 Å². The van der Waals surface area contributed by atoms with Crippen molar-refractivity contribution in [1.29, 1.82) is 0 Å². The van der Waals surface area contributed by atoms with Gasteiger partial charge in [0.2, 0.25) is 5.91 Å². The SMILES string of the molecule is O=C(Nc1ccc(F)cc1)N1CCN(C(=O)C2(c3ccccc3Cl)CCOCC2)CC1. The second-order valence-electron chi connectivity index (χ2n) is 7.89. The summed E-state index contributed by atoms with van der Waals surface area (Å²) in [6, 6.07) is 12.9. The van der Waals surface area contributed by atoms with E-state index < -0.39 is 5.41 Å². The summed E-state index contributed by atoms with van der Waals surface area (Å²) >= 11 is 6.49. The molecule has 0 unspecified atom stereocenters. The summed E-state index contributed by atoms with van der Waals surface area (Å²) in [5.74, 6) is -0.312. The maximum atomic E-state index is 13.7. The first-order valence-electron chi connectivity index (χ1n) is 10.4. The van der Waals surface area contributed by atoms with Crippen molar-refractivity contribution in [2.24, 2.45) is 0 Å². The predicted octanol–water partition coefficient (Wildman–Crippen LogP) is 3.90. The Balaban J connectivity index is 1.43. The molecule has 0 aliphatic carbocycles. The van der Waals surface area contributed by atoms with E-state index in [1.54, 1.807) is 4.90 Å². The zero-order chi connectivity index (χ0) is 21.8. The number of hydrogen-bond donors (Lipinski definition) is 1. The van der Waals surface area contributed by atoms with Crippen LogP contribution in [0, 0.1) is 5.82 Å².